The average molecular weight is 265 g/mol. The summed E-state index contributed by atoms with van der Waals surface area (Å²) in [6.45, 7) is 0.548. The third kappa shape index (κ3) is 4.11. The van der Waals surface area contributed by atoms with Crippen molar-refractivity contribution in [2.24, 2.45) is 0 Å². The Morgan fingerprint density at radius 3 is 2.67 bits per heavy atom. The summed E-state index contributed by atoms with van der Waals surface area (Å²) in [4.78, 5) is 8.64. The number of aliphatic hydroxyl groups is 1. The van der Waals surface area contributed by atoms with Gasteiger partial charge in [0.05, 0.1) is 13.2 Å². The molecule has 102 valence electrons. The van der Waals surface area contributed by atoms with Crippen molar-refractivity contribution in [3.8, 4) is 0 Å². The first kappa shape index (κ1) is 14.7. The largest absolute Gasteiger partial charge is 0.433 e. The average Bonchev–Trinajstić information content (AvgIpc) is 2.33. The molecule has 0 aromatic carbocycles. The van der Waals surface area contributed by atoms with Crippen LogP contribution in [0.5, 0.6) is 0 Å². The van der Waals surface area contributed by atoms with Gasteiger partial charge < -0.3 is 14.7 Å². The number of aliphatic hydroxyl groups excluding tert-OH is 1. The molecule has 8 heteroatoms. The molecular formula is C10H14F3N3O2. The summed E-state index contributed by atoms with van der Waals surface area (Å²) in [5.41, 5.74) is -1.01. The highest BCUT2D eigenvalue weighted by molar-refractivity contribution is 5.30. The summed E-state index contributed by atoms with van der Waals surface area (Å²) < 4.78 is 42.3. The molecule has 0 radical (unpaired) electrons. The molecule has 1 aromatic heterocycles. The van der Waals surface area contributed by atoms with Crippen LogP contribution < -0.4 is 4.90 Å². The second-order valence-corrected chi connectivity index (χ2v) is 3.44. The molecule has 0 aliphatic carbocycles. The van der Waals surface area contributed by atoms with E-state index < -0.39 is 11.9 Å². The zero-order valence-electron chi connectivity index (χ0n) is 9.81. The number of anilines is 1. The van der Waals surface area contributed by atoms with E-state index in [1.165, 1.54) is 12.0 Å². The quantitative estimate of drug-likeness (QED) is 0.829. The van der Waals surface area contributed by atoms with Crippen LogP contribution in [-0.4, -0.2) is 48.5 Å². The summed E-state index contributed by atoms with van der Waals surface area (Å²) in [5.74, 6) is -0.0732. The van der Waals surface area contributed by atoms with Crippen LogP contribution in [0.1, 0.15) is 5.69 Å². The number of hydrogen-bond donors (Lipinski definition) is 1. The normalized spacial score (nSPS) is 11.6. The van der Waals surface area contributed by atoms with Gasteiger partial charge in [-0.25, -0.2) is 9.97 Å². The lowest BCUT2D eigenvalue weighted by atomic mass is 10.4. The van der Waals surface area contributed by atoms with E-state index in [1.807, 2.05) is 0 Å². The van der Waals surface area contributed by atoms with Crippen molar-refractivity contribution in [2.45, 2.75) is 6.18 Å². The SMILES string of the molecule is COCCN(CCO)c1nccc(C(F)(F)F)n1. The molecule has 0 aliphatic rings. The predicted molar refractivity (Wildman–Crippen MR) is 58.2 cm³/mol. The zero-order chi connectivity index (χ0) is 13.6. The van der Waals surface area contributed by atoms with Crippen molar-refractivity contribution >= 4 is 5.95 Å². The van der Waals surface area contributed by atoms with E-state index in [1.54, 1.807) is 0 Å². The second-order valence-electron chi connectivity index (χ2n) is 3.44. The Hall–Kier alpha value is -1.41. The number of methoxy groups -OCH3 is 1. The molecule has 1 heterocycles. The first-order valence-electron chi connectivity index (χ1n) is 5.24. The van der Waals surface area contributed by atoms with Crippen LogP contribution in [0, 0.1) is 0 Å². The lowest BCUT2D eigenvalue weighted by molar-refractivity contribution is -0.141. The monoisotopic (exact) mass is 265 g/mol. The molecule has 0 amide bonds. The number of ether oxygens (including phenoxy) is 1. The van der Waals surface area contributed by atoms with E-state index in [0.29, 0.717) is 13.2 Å². The van der Waals surface area contributed by atoms with Crippen LogP contribution in [0.25, 0.3) is 0 Å². The third-order valence-corrected chi connectivity index (χ3v) is 2.15. The fraction of sp³-hybridized carbons (Fsp3) is 0.600. The molecule has 5 nitrogen and oxygen atoms in total. The number of aromatic nitrogens is 2. The van der Waals surface area contributed by atoms with E-state index in [4.69, 9.17) is 9.84 Å². The Balaban J connectivity index is 2.90. The van der Waals surface area contributed by atoms with E-state index in [-0.39, 0.29) is 19.1 Å². The fourth-order valence-corrected chi connectivity index (χ4v) is 1.29. The number of halogens is 3. The van der Waals surface area contributed by atoms with Crippen LogP contribution in [0.4, 0.5) is 19.1 Å². The van der Waals surface area contributed by atoms with Crippen molar-refractivity contribution < 1.29 is 23.0 Å². The van der Waals surface area contributed by atoms with Gasteiger partial charge in [-0.05, 0) is 6.07 Å². The number of hydrogen-bond acceptors (Lipinski definition) is 5. The highest BCUT2D eigenvalue weighted by Gasteiger charge is 2.33. The minimum absolute atomic E-state index is 0.0732. The van der Waals surface area contributed by atoms with Gasteiger partial charge in [0, 0.05) is 26.4 Å². The van der Waals surface area contributed by atoms with Gasteiger partial charge >= 0.3 is 6.18 Å². The fourth-order valence-electron chi connectivity index (χ4n) is 1.29. The van der Waals surface area contributed by atoms with Crippen LogP contribution in [0.3, 0.4) is 0 Å². The standard InChI is InChI=1S/C10H14F3N3O2/c1-18-7-5-16(4-6-17)9-14-3-2-8(15-9)10(11,12)13/h2-3,17H,4-7H2,1H3. The number of rotatable bonds is 6. The lowest BCUT2D eigenvalue weighted by Gasteiger charge is -2.21. The maximum Gasteiger partial charge on any atom is 0.433 e. The first-order chi connectivity index (χ1) is 8.49. The number of alkyl halides is 3. The molecule has 0 fully saturated rings. The summed E-state index contributed by atoms with van der Waals surface area (Å²) in [6, 6.07) is 0.803. The van der Waals surface area contributed by atoms with Crippen LogP contribution in [-0.2, 0) is 10.9 Å². The molecular weight excluding hydrogens is 251 g/mol. The van der Waals surface area contributed by atoms with Crippen LogP contribution >= 0.6 is 0 Å². The molecule has 1 aromatic rings. The van der Waals surface area contributed by atoms with Gasteiger partial charge in [-0.2, -0.15) is 13.2 Å². The van der Waals surface area contributed by atoms with Gasteiger partial charge in [0.2, 0.25) is 5.95 Å². The Labute approximate surface area is 102 Å². The summed E-state index contributed by atoms with van der Waals surface area (Å²) in [7, 11) is 1.48. The van der Waals surface area contributed by atoms with Gasteiger partial charge in [-0.15, -0.1) is 0 Å². The van der Waals surface area contributed by atoms with E-state index >= 15 is 0 Å². The molecule has 0 unspecified atom stereocenters. The molecule has 0 saturated heterocycles. The smallest absolute Gasteiger partial charge is 0.395 e. The van der Waals surface area contributed by atoms with Gasteiger partial charge in [0.15, 0.2) is 0 Å². The van der Waals surface area contributed by atoms with Gasteiger partial charge in [0.25, 0.3) is 0 Å². The zero-order valence-corrected chi connectivity index (χ0v) is 9.81. The van der Waals surface area contributed by atoms with E-state index in [9.17, 15) is 13.2 Å². The van der Waals surface area contributed by atoms with Crippen molar-refractivity contribution in [3.63, 3.8) is 0 Å². The molecule has 1 rings (SSSR count). The minimum atomic E-state index is -4.51. The summed E-state index contributed by atoms with van der Waals surface area (Å²) >= 11 is 0. The topological polar surface area (TPSA) is 58.5 Å². The van der Waals surface area contributed by atoms with Gasteiger partial charge in [-0.1, -0.05) is 0 Å². The first-order valence-corrected chi connectivity index (χ1v) is 5.24. The molecule has 0 saturated carbocycles. The van der Waals surface area contributed by atoms with Crippen LogP contribution in [0.2, 0.25) is 0 Å². The van der Waals surface area contributed by atoms with Crippen molar-refractivity contribution in [3.05, 3.63) is 18.0 Å². The molecule has 0 atom stereocenters. The highest BCUT2D eigenvalue weighted by Crippen LogP contribution is 2.27. The van der Waals surface area contributed by atoms with Crippen molar-refractivity contribution in [1.82, 2.24) is 9.97 Å². The predicted octanol–water partition coefficient (Wildman–Crippen LogP) is 0.941. The van der Waals surface area contributed by atoms with Gasteiger partial charge in [-0.3, -0.25) is 0 Å². The lowest BCUT2D eigenvalue weighted by Crippen LogP contribution is -2.32. The van der Waals surface area contributed by atoms with Crippen molar-refractivity contribution in [2.75, 3.05) is 38.3 Å². The molecule has 1 N–H and O–H groups in total. The highest BCUT2D eigenvalue weighted by atomic mass is 19.4. The molecule has 0 spiro atoms. The molecule has 18 heavy (non-hydrogen) atoms. The maximum atomic E-state index is 12.5. The van der Waals surface area contributed by atoms with Crippen molar-refractivity contribution in [1.29, 1.82) is 0 Å². The Bertz CT molecular complexity index is 374. The third-order valence-electron chi connectivity index (χ3n) is 2.15. The second kappa shape index (κ2) is 6.50. The summed E-state index contributed by atoms with van der Waals surface area (Å²) in [5, 5.41) is 8.87. The van der Waals surface area contributed by atoms with Crippen LogP contribution in [0.15, 0.2) is 12.3 Å². The Morgan fingerprint density at radius 2 is 2.11 bits per heavy atom. The number of nitrogens with zero attached hydrogens (tertiary/aromatic N) is 3. The molecule has 0 aliphatic heterocycles. The maximum absolute atomic E-state index is 12.5. The van der Waals surface area contributed by atoms with E-state index in [0.717, 1.165) is 12.3 Å². The van der Waals surface area contributed by atoms with Gasteiger partial charge in [0.1, 0.15) is 5.69 Å². The van der Waals surface area contributed by atoms with E-state index in [2.05, 4.69) is 9.97 Å². The molecule has 0 bridgehead atoms. The Morgan fingerprint density at radius 1 is 1.39 bits per heavy atom. The minimum Gasteiger partial charge on any atom is -0.395 e. The Kier molecular flexibility index (Phi) is 5.29. The summed E-state index contributed by atoms with van der Waals surface area (Å²) in [6.07, 6.45) is -3.47.